The molecule has 0 amide bonds. The average Bonchev–Trinajstić information content (AvgIpc) is 2.18. The predicted octanol–water partition coefficient (Wildman–Crippen LogP) is 1.61. The Balaban J connectivity index is -0.0000000270. The maximum Gasteiger partial charge on any atom is 0.0428 e. The molecule has 0 saturated carbocycles. The molecular weight excluding hydrogens is 216 g/mol. The summed E-state index contributed by atoms with van der Waals surface area (Å²) in [5.74, 6) is 0. The van der Waals surface area contributed by atoms with Gasteiger partial charge < -0.3 is 22.7 Å². The largest absolute Gasteiger partial charge is 0.396 e. The van der Waals surface area contributed by atoms with Gasteiger partial charge in [-0.1, -0.05) is 20.8 Å². The van der Waals surface area contributed by atoms with Gasteiger partial charge in [-0.2, -0.15) is 0 Å². The van der Waals surface area contributed by atoms with Crippen molar-refractivity contribution in [3.05, 3.63) is 7.43 Å². The number of aliphatic hydroxyl groups is 3. The SMILES string of the molecule is CCCO.CCCO.CCCO.[CH3-].[Ti]. The van der Waals surface area contributed by atoms with E-state index < -0.39 is 0 Å². The van der Waals surface area contributed by atoms with Crippen LogP contribution < -0.4 is 0 Å². The monoisotopic (exact) mass is 243 g/mol. The van der Waals surface area contributed by atoms with Crippen LogP contribution in [0.5, 0.6) is 0 Å². The molecule has 0 aromatic heterocycles. The van der Waals surface area contributed by atoms with Crippen molar-refractivity contribution in [2.24, 2.45) is 0 Å². The van der Waals surface area contributed by atoms with E-state index in [1.165, 1.54) is 0 Å². The summed E-state index contributed by atoms with van der Waals surface area (Å²) >= 11 is 0. The summed E-state index contributed by atoms with van der Waals surface area (Å²) in [5.41, 5.74) is 0. The van der Waals surface area contributed by atoms with Crippen LogP contribution in [0.2, 0.25) is 0 Å². The summed E-state index contributed by atoms with van der Waals surface area (Å²) in [7, 11) is 0. The van der Waals surface area contributed by atoms with Crippen molar-refractivity contribution in [2.45, 2.75) is 40.0 Å². The van der Waals surface area contributed by atoms with Crippen molar-refractivity contribution < 1.29 is 37.0 Å². The van der Waals surface area contributed by atoms with Crippen LogP contribution >= 0.6 is 0 Å². The average molecular weight is 243 g/mol. The summed E-state index contributed by atoms with van der Waals surface area (Å²) in [6.45, 7) is 6.75. The Bertz CT molecular complexity index is 30.8. The van der Waals surface area contributed by atoms with Gasteiger partial charge in [0.2, 0.25) is 0 Å². The molecule has 3 N–H and O–H groups in total. The topological polar surface area (TPSA) is 60.7 Å². The number of hydrogen-bond donors (Lipinski definition) is 3. The second kappa shape index (κ2) is 49.6. The van der Waals surface area contributed by atoms with Gasteiger partial charge in [-0.15, -0.1) is 0 Å². The second-order valence-electron chi connectivity index (χ2n) is 2.17. The maximum absolute atomic E-state index is 7.88. The van der Waals surface area contributed by atoms with E-state index in [4.69, 9.17) is 15.3 Å². The molecule has 0 aromatic carbocycles. The Hall–Kier alpha value is 0.594. The third-order valence-electron chi connectivity index (χ3n) is 0.671. The Morgan fingerprint density at radius 3 is 0.714 bits per heavy atom. The molecule has 0 bridgehead atoms. The van der Waals surface area contributed by atoms with Gasteiger partial charge in [0, 0.05) is 41.5 Å². The summed E-state index contributed by atoms with van der Waals surface area (Å²) in [4.78, 5) is 0. The van der Waals surface area contributed by atoms with Crippen molar-refractivity contribution in [3.8, 4) is 0 Å². The predicted molar refractivity (Wildman–Crippen MR) is 58.5 cm³/mol. The molecule has 0 spiro atoms. The normalized spacial score (nSPS) is 6.43. The molecular formula is C10H27O3Ti-. The maximum atomic E-state index is 7.88. The quantitative estimate of drug-likeness (QED) is 0.521. The van der Waals surface area contributed by atoms with Crippen molar-refractivity contribution in [1.82, 2.24) is 0 Å². The fraction of sp³-hybridized carbons (Fsp3) is 0.900. The van der Waals surface area contributed by atoms with Crippen molar-refractivity contribution >= 4 is 0 Å². The van der Waals surface area contributed by atoms with Crippen LogP contribution in [0.3, 0.4) is 0 Å². The molecule has 4 heteroatoms. The molecule has 0 heterocycles. The Morgan fingerprint density at radius 2 is 0.714 bits per heavy atom. The zero-order valence-electron chi connectivity index (χ0n) is 10.1. The van der Waals surface area contributed by atoms with Gasteiger partial charge in [0.05, 0.1) is 0 Å². The first kappa shape index (κ1) is 29.3. The first-order valence-corrected chi connectivity index (χ1v) is 4.57. The third kappa shape index (κ3) is 131. The molecule has 0 aliphatic rings. The van der Waals surface area contributed by atoms with Gasteiger partial charge in [0.15, 0.2) is 0 Å². The van der Waals surface area contributed by atoms with Crippen molar-refractivity contribution in [1.29, 1.82) is 0 Å². The third-order valence-corrected chi connectivity index (χ3v) is 0.671. The molecule has 90 valence electrons. The van der Waals surface area contributed by atoms with Gasteiger partial charge >= 0.3 is 0 Å². The molecule has 0 radical (unpaired) electrons. The second-order valence-corrected chi connectivity index (χ2v) is 2.17. The first-order valence-electron chi connectivity index (χ1n) is 4.57. The minimum atomic E-state index is 0. The Kier molecular flexibility index (Phi) is 104. The van der Waals surface area contributed by atoms with Crippen LogP contribution in [0.25, 0.3) is 0 Å². The number of rotatable bonds is 3. The van der Waals surface area contributed by atoms with E-state index in [0.29, 0.717) is 19.8 Å². The van der Waals surface area contributed by atoms with Crippen molar-refractivity contribution in [3.63, 3.8) is 0 Å². The van der Waals surface area contributed by atoms with E-state index in [0.717, 1.165) is 19.3 Å². The number of aliphatic hydroxyl groups excluding tert-OH is 3. The van der Waals surface area contributed by atoms with Crippen LogP contribution in [-0.2, 0) is 21.7 Å². The van der Waals surface area contributed by atoms with E-state index in [-0.39, 0.29) is 29.1 Å². The van der Waals surface area contributed by atoms with E-state index >= 15 is 0 Å². The van der Waals surface area contributed by atoms with E-state index in [1.807, 2.05) is 20.8 Å². The summed E-state index contributed by atoms with van der Waals surface area (Å²) in [5, 5.41) is 23.6. The van der Waals surface area contributed by atoms with Crippen LogP contribution in [0.4, 0.5) is 0 Å². The molecule has 14 heavy (non-hydrogen) atoms. The van der Waals surface area contributed by atoms with Gasteiger partial charge in [0.1, 0.15) is 0 Å². The van der Waals surface area contributed by atoms with Gasteiger partial charge in [0.25, 0.3) is 0 Å². The Morgan fingerprint density at radius 1 is 0.643 bits per heavy atom. The number of hydrogen-bond acceptors (Lipinski definition) is 3. The standard InChI is InChI=1S/3C3H8O.CH3.Ti/c3*1-2-3-4;;/h3*4H,2-3H2,1H3;1H3;/q;;;-1;. The van der Waals surface area contributed by atoms with Crippen LogP contribution in [-0.4, -0.2) is 35.1 Å². The molecule has 3 nitrogen and oxygen atoms in total. The van der Waals surface area contributed by atoms with Crippen molar-refractivity contribution in [2.75, 3.05) is 19.8 Å². The summed E-state index contributed by atoms with van der Waals surface area (Å²) < 4.78 is 0. The molecule has 0 atom stereocenters. The summed E-state index contributed by atoms with van der Waals surface area (Å²) in [6.07, 6.45) is 2.62. The molecule has 0 rings (SSSR count). The Labute approximate surface area is 104 Å². The van der Waals surface area contributed by atoms with E-state index in [1.54, 1.807) is 0 Å². The molecule has 0 unspecified atom stereocenters. The fourth-order valence-corrected chi connectivity index (χ4v) is 0. The zero-order chi connectivity index (χ0) is 10.2. The van der Waals surface area contributed by atoms with Gasteiger partial charge in [-0.25, -0.2) is 0 Å². The molecule has 0 aliphatic carbocycles. The minimum Gasteiger partial charge on any atom is -0.396 e. The van der Waals surface area contributed by atoms with E-state index in [9.17, 15) is 0 Å². The molecule has 0 aliphatic heterocycles. The molecule has 0 saturated heterocycles. The van der Waals surface area contributed by atoms with Crippen LogP contribution in [0, 0.1) is 7.43 Å². The van der Waals surface area contributed by atoms with Crippen LogP contribution in [0.1, 0.15) is 40.0 Å². The first-order chi connectivity index (χ1) is 5.74. The van der Waals surface area contributed by atoms with Gasteiger partial charge in [-0.05, 0) is 19.3 Å². The minimum absolute atomic E-state index is 0. The zero-order valence-corrected chi connectivity index (χ0v) is 11.6. The fourth-order valence-electron chi connectivity index (χ4n) is 0. The molecule has 0 aromatic rings. The van der Waals surface area contributed by atoms with Crippen LogP contribution in [0.15, 0.2) is 0 Å². The molecule has 0 fully saturated rings. The van der Waals surface area contributed by atoms with E-state index in [2.05, 4.69) is 0 Å². The smallest absolute Gasteiger partial charge is 0.0428 e. The van der Waals surface area contributed by atoms with Gasteiger partial charge in [-0.3, -0.25) is 0 Å². The summed E-state index contributed by atoms with van der Waals surface area (Å²) in [6, 6.07) is 0.